The smallest absolute Gasteiger partial charge is 0.271 e. The maximum absolute atomic E-state index is 12.0. The van der Waals surface area contributed by atoms with Crippen molar-refractivity contribution in [1.29, 1.82) is 0 Å². The second-order valence-corrected chi connectivity index (χ2v) is 4.48. The van der Waals surface area contributed by atoms with Crippen LogP contribution in [0.25, 0.3) is 0 Å². The minimum atomic E-state index is -0.733. The molecule has 0 aromatic heterocycles. The highest BCUT2D eigenvalue weighted by Crippen LogP contribution is 2.33. The molecule has 0 radical (unpaired) electrons. The Morgan fingerprint density at radius 1 is 1.58 bits per heavy atom. The second-order valence-electron chi connectivity index (χ2n) is 4.48. The molecule has 1 aliphatic heterocycles. The summed E-state index contributed by atoms with van der Waals surface area (Å²) in [5, 5.41) is 3.01. The first-order valence-corrected chi connectivity index (χ1v) is 6.07. The van der Waals surface area contributed by atoms with Gasteiger partial charge in [0.15, 0.2) is 6.61 Å². The number of amides is 2. The number of hydrogen-bond acceptors (Lipinski definition) is 5. The highest BCUT2D eigenvalue weighted by atomic mass is 16.5. The monoisotopic (exact) mass is 263 g/mol. The van der Waals surface area contributed by atoms with Gasteiger partial charge in [-0.15, -0.1) is 0 Å². The van der Waals surface area contributed by atoms with Crippen molar-refractivity contribution in [2.75, 3.05) is 18.6 Å². The van der Waals surface area contributed by atoms with E-state index >= 15 is 0 Å². The quantitative estimate of drug-likeness (QED) is 0.802. The molecular formula is C13H17N3O3. The largest absolute Gasteiger partial charge is 0.482 e. The minimum Gasteiger partial charge on any atom is -0.482 e. The van der Waals surface area contributed by atoms with Crippen molar-refractivity contribution in [3.8, 4) is 5.75 Å². The van der Waals surface area contributed by atoms with E-state index in [9.17, 15) is 9.59 Å². The van der Waals surface area contributed by atoms with E-state index in [0.29, 0.717) is 18.0 Å². The SMILES string of the molecule is CNCc1ccc2c(c1)N(C(=O)C(C)N)C(=O)CO2. The molecular weight excluding hydrogens is 246 g/mol. The third kappa shape index (κ3) is 2.59. The van der Waals surface area contributed by atoms with Crippen LogP contribution in [-0.2, 0) is 16.1 Å². The van der Waals surface area contributed by atoms with Crippen LogP contribution in [-0.4, -0.2) is 31.5 Å². The van der Waals surface area contributed by atoms with Crippen LogP contribution in [0.5, 0.6) is 5.75 Å². The van der Waals surface area contributed by atoms with Crippen LogP contribution in [0.15, 0.2) is 18.2 Å². The number of carbonyl (C=O) groups excluding carboxylic acids is 2. The molecule has 0 bridgehead atoms. The number of rotatable bonds is 3. The summed E-state index contributed by atoms with van der Waals surface area (Å²) in [6.07, 6.45) is 0. The Kier molecular flexibility index (Phi) is 3.82. The maximum atomic E-state index is 12.0. The number of anilines is 1. The van der Waals surface area contributed by atoms with Crippen LogP contribution in [0.3, 0.4) is 0 Å². The van der Waals surface area contributed by atoms with Crippen molar-refractivity contribution in [1.82, 2.24) is 5.32 Å². The fraction of sp³-hybridized carbons (Fsp3) is 0.385. The number of benzene rings is 1. The molecule has 2 amide bonds. The summed E-state index contributed by atoms with van der Waals surface area (Å²) in [6.45, 7) is 2.06. The normalized spacial score (nSPS) is 15.7. The summed E-state index contributed by atoms with van der Waals surface area (Å²) in [7, 11) is 1.83. The van der Waals surface area contributed by atoms with Gasteiger partial charge >= 0.3 is 0 Å². The Morgan fingerprint density at radius 2 is 2.32 bits per heavy atom. The molecule has 1 atom stereocenters. The van der Waals surface area contributed by atoms with Gasteiger partial charge in [-0.2, -0.15) is 0 Å². The lowest BCUT2D eigenvalue weighted by molar-refractivity contribution is -0.128. The molecule has 0 fully saturated rings. The highest BCUT2D eigenvalue weighted by molar-refractivity contribution is 6.18. The molecule has 0 spiro atoms. The van der Waals surface area contributed by atoms with E-state index in [1.165, 1.54) is 0 Å². The predicted molar refractivity (Wildman–Crippen MR) is 70.8 cm³/mol. The lowest BCUT2D eigenvalue weighted by Crippen LogP contribution is -2.49. The number of fused-ring (bicyclic) bond motifs is 1. The highest BCUT2D eigenvalue weighted by Gasteiger charge is 2.32. The second kappa shape index (κ2) is 5.38. The number of imide groups is 1. The molecule has 19 heavy (non-hydrogen) atoms. The molecule has 2 rings (SSSR count). The lowest BCUT2D eigenvalue weighted by Gasteiger charge is -2.29. The minimum absolute atomic E-state index is 0.142. The average Bonchev–Trinajstić information content (AvgIpc) is 2.38. The van der Waals surface area contributed by atoms with Gasteiger partial charge in [-0.3, -0.25) is 9.59 Å². The third-order valence-corrected chi connectivity index (χ3v) is 2.86. The van der Waals surface area contributed by atoms with E-state index in [2.05, 4.69) is 5.32 Å². The number of nitrogens with one attached hydrogen (secondary N) is 1. The standard InChI is InChI=1S/C13H17N3O3/c1-8(14)13(18)16-10-5-9(6-15-2)3-4-11(10)19-7-12(16)17/h3-5,8,15H,6-7,14H2,1-2H3. The Hall–Kier alpha value is -1.92. The van der Waals surface area contributed by atoms with Gasteiger partial charge in [0.05, 0.1) is 11.7 Å². The Morgan fingerprint density at radius 3 is 2.95 bits per heavy atom. The summed E-state index contributed by atoms with van der Waals surface area (Å²) >= 11 is 0. The van der Waals surface area contributed by atoms with E-state index in [1.54, 1.807) is 19.1 Å². The van der Waals surface area contributed by atoms with E-state index < -0.39 is 17.9 Å². The maximum Gasteiger partial charge on any atom is 0.271 e. The van der Waals surface area contributed by atoms with Crippen molar-refractivity contribution in [3.05, 3.63) is 23.8 Å². The van der Waals surface area contributed by atoms with Crippen molar-refractivity contribution >= 4 is 17.5 Å². The summed E-state index contributed by atoms with van der Waals surface area (Å²) < 4.78 is 5.32. The van der Waals surface area contributed by atoms with Crippen LogP contribution >= 0.6 is 0 Å². The molecule has 1 aliphatic rings. The number of hydrogen-bond donors (Lipinski definition) is 2. The van der Waals surface area contributed by atoms with Crippen LogP contribution < -0.4 is 20.7 Å². The molecule has 1 aromatic rings. The van der Waals surface area contributed by atoms with E-state index in [0.717, 1.165) is 10.5 Å². The van der Waals surface area contributed by atoms with Crippen LogP contribution in [0.1, 0.15) is 12.5 Å². The number of nitrogens with zero attached hydrogens (tertiary/aromatic N) is 1. The average molecular weight is 263 g/mol. The molecule has 102 valence electrons. The predicted octanol–water partition coefficient (Wildman–Crippen LogP) is 0.00520. The molecule has 0 saturated carbocycles. The van der Waals surface area contributed by atoms with Crippen molar-refractivity contribution in [2.24, 2.45) is 5.73 Å². The van der Waals surface area contributed by atoms with Gasteiger partial charge in [-0.25, -0.2) is 4.90 Å². The van der Waals surface area contributed by atoms with Crippen LogP contribution in [0.2, 0.25) is 0 Å². The number of carbonyl (C=O) groups is 2. The molecule has 6 heteroatoms. The lowest BCUT2D eigenvalue weighted by atomic mass is 10.1. The van der Waals surface area contributed by atoms with Crippen LogP contribution in [0.4, 0.5) is 5.69 Å². The first-order valence-electron chi connectivity index (χ1n) is 6.07. The summed E-state index contributed by atoms with van der Waals surface area (Å²) in [6, 6.07) is 4.68. The zero-order chi connectivity index (χ0) is 14.0. The van der Waals surface area contributed by atoms with Gasteiger partial charge in [0, 0.05) is 6.54 Å². The van der Waals surface area contributed by atoms with Crippen molar-refractivity contribution < 1.29 is 14.3 Å². The van der Waals surface area contributed by atoms with Gasteiger partial charge in [0.1, 0.15) is 5.75 Å². The van der Waals surface area contributed by atoms with E-state index in [4.69, 9.17) is 10.5 Å². The van der Waals surface area contributed by atoms with Crippen molar-refractivity contribution in [3.63, 3.8) is 0 Å². The number of ether oxygens (including phenoxy) is 1. The first kappa shape index (κ1) is 13.5. The summed E-state index contributed by atoms with van der Waals surface area (Å²) in [4.78, 5) is 25.0. The molecule has 3 N–H and O–H groups in total. The Balaban J connectivity index is 2.44. The summed E-state index contributed by atoms with van der Waals surface area (Å²) in [5.41, 5.74) is 7.01. The van der Waals surface area contributed by atoms with Crippen LogP contribution in [0, 0.1) is 0 Å². The van der Waals surface area contributed by atoms with Gasteiger partial charge in [-0.1, -0.05) is 6.07 Å². The zero-order valence-electron chi connectivity index (χ0n) is 11.0. The summed E-state index contributed by atoms with van der Waals surface area (Å²) in [5.74, 6) is -0.291. The van der Waals surface area contributed by atoms with E-state index in [1.807, 2.05) is 13.1 Å². The Labute approximate surface area is 111 Å². The van der Waals surface area contributed by atoms with Gasteiger partial charge in [0.25, 0.3) is 11.8 Å². The molecule has 1 heterocycles. The molecule has 0 saturated heterocycles. The molecule has 0 aliphatic carbocycles. The number of nitrogens with two attached hydrogens (primary N) is 1. The Bertz CT molecular complexity index is 514. The molecule has 6 nitrogen and oxygen atoms in total. The van der Waals surface area contributed by atoms with Gasteiger partial charge < -0.3 is 15.8 Å². The topological polar surface area (TPSA) is 84.7 Å². The van der Waals surface area contributed by atoms with Gasteiger partial charge in [0.2, 0.25) is 0 Å². The van der Waals surface area contributed by atoms with Gasteiger partial charge in [-0.05, 0) is 31.7 Å². The fourth-order valence-electron chi connectivity index (χ4n) is 1.96. The molecule has 1 aromatic carbocycles. The first-order chi connectivity index (χ1) is 9.04. The third-order valence-electron chi connectivity index (χ3n) is 2.86. The van der Waals surface area contributed by atoms with Crippen molar-refractivity contribution in [2.45, 2.75) is 19.5 Å². The fourth-order valence-corrected chi connectivity index (χ4v) is 1.96. The molecule has 1 unspecified atom stereocenters. The zero-order valence-corrected chi connectivity index (χ0v) is 11.0. The van der Waals surface area contributed by atoms with E-state index in [-0.39, 0.29) is 6.61 Å².